The van der Waals surface area contributed by atoms with Crippen molar-refractivity contribution in [1.82, 2.24) is 19.7 Å². The second-order valence-electron chi connectivity index (χ2n) is 9.70. The Bertz CT molecular complexity index is 1670. The van der Waals surface area contributed by atoms with E-state index in [0.717, 1.165) is 0 Å². The second-order valence-corrected chi connectivity index (χ2v) is 9.70. The van der Waals surface area contributed by atoms with Gasteiger partial charge in [-0.1, -0.05) is 0 Å². The second kappa shape index (κ2) is 14.3. The van der Waals surface area contributed by atoms with Crippen molar-refractivity contribution in [1.29, 1.82) is 0 Å². The third kappa shape index (κ3) is 7.21. The van der Waals surface area contributed by atoms with Gasteiger partial charge in [0.1, 0.15) is 23.1 Å². The zero-order chi connectivity index (χ0) is 31.8. The summed E-state index contributed by atoms with van der Waals surface area (Å²) in [5, 5.41) is 7.18. The Morgan fingerprint density at radius 3 is 2.48 bits per heavy atom. The quantitative estimate of drug-likeness (QED) is 0.149. The first-order valence-electron chi connectivity index (χ1n) is 13.7. The molecule has 0 radical (unpaired) electrons. The molecule has 0 fully saturated rings. The van der Waals surface area contributed by atoms with Crippen LogP contribution in [0.2, 0.25) is 0 Å². The summed E-state index contributed by atoms with van der Waals surface area (Å²) in [5.74, 6) is 1.65. The smallest absolute Gasteiger partial charge is 0.281 e. The summed E-state index contributed by atoms with van der Waals surface area (Å²) < 4.78 is 38.4. The summed E-state index contributed by atoms with van der Waals surface area (Å²) >= 11 is 0. The fourth-order valence-corrected chi connectivity index (χ4v) is 4.36. The Morgan fingerprint density at radius 2 is 1.86 bits per heavy atom. The van der Waals surface area contributed by atoms with Gasteiger partial charge in [-0.2, -0.15) is 5.10 Å². The minimum atomic E-state index is -0.523. The van der Waals surface area contributed by atoms with Gasteiger partial charge in [0, 0.05) is 23.7 Å². The number of methoxy groups -OCH3 is 2. The average molecular weight is 603 g/mol. The standard InChI is InChI=1S/C32H35FN6O5/c1-8-26(23-15-27(41-6)28(42-7)16-25(23)34-3)44-22-11-13-30(35-17-22)36-32(40)31-29(43-9-2)19-39(37-31)21-10-12-24(33)20(14-21)18-38(4)5/h8,10-17,19H,3,9,18H2,1-2,4-7H3,(H,35,36,40)/b26-8+. The summed E-state index contributed by atoms with van der Waals surface area (Å²) in [6.07, 6.45) is 4.85. The third-order valence-corrected chi connectivity index (χ3v) is 6.38. The van der Waals surface area contributed by atoms with E-state index >= 15 is 0 Å². The zero-order valence-corrected chi connectivity index (χ0v) is 25.6. The van der Waals surface area contributed by atoms with Crippen LogP contribution >= 0.6 is 0 Å². The molecule has 0 aliphatic heterocycles. The van der Waals surface area contributed by atoms with Crippen molar-refractivity contribution in [3.63, 3.8) is 0 Å². The normalized spacial score (nSPS) is 11.3. The van der Waals surface area contributed by atoms with Crippen molar-refractivity contribution in [2.45, 2.75) is 20.4 Å². The molecular weight excluding hydrogens is 567 g/mol. The van der Waals surface area contributed by atoms with Gasteiger partial charge in [-0.3, -0.25) is 9.79 Å². The number of rotatable bonds is 13. The maximum Gasteiger partial charge on any atom is 0.281 e. The number of aliphatic imine (C=N–C) groups is 1. The van der Waals surface area contributed by atoms with Crippen LogP contribution in [0, 0.1) is 5.82 Å². The molecule has 0 bridgehead atoms. The van der Waals surface area contributed by atoms with Gasteiger partial charge in [0.05, 0.1) is 44.6 Å². The van der Waals surface area contributed by atoms with Crippen LogP contribution in [0.1, 0.15) is 35.5 Å². The van der Waals surface area contributed by atoms with E-state index in [9.17, 15) is 9.18 Å². The lowest BCUT2D eigenvalue weighted by molar-refractivity contribution is 0.101. The predicted molar refractivity (Wildman–Crippen MR) is 167 cm³/mol. The predicted octanol–water partition coefficient (Wildman–Crippen LogP) is 5.91. The van der Waals surface area contributed by atoms with Crippen LogP contribution in [0.4, 0.5) is 15.9 Å². The highest BCUT2D eigenvalue weighted by Gasteiger charge is 2.21. The molecule has 0 aliphatic carbocycles. The molecule has 0 atom stereocenters. The van der Waals surface area contributed by atoms with Crippen LogP contribution in [-0.4, -0.2) is 67.2 Å². The molecule has 12 heteroatoms. The fraction of sp³-hybridized carbons (Fsp3) is 0.250. The lowest BCUT2D eigenvalue weighted by atomic mass is 10.1. The number of amides is 1. The number of nitrogens with zero attached hydrogens (tertiary/aromatic N) is 5. The number of allylic oxidation sites excluding steroid dienone is 1. The van der Waals surface area contributed by atoms with E-state index in [4.69, 9.17) is 18.9 Å². The molecule has 0 spiro atoms. The molecule has 11 nitrogen and oxygen atoms in total. The first-order chi connectivity index (χ1) is 21.2. The van der Waals surface area contributed by atoms with E-state index in [1.54, 1.807) is 62.9 Å². The Morgan fingerprint density at radius 1 is 1.11 bits per heavy atom. The summed E-state index contributed by atoms with van der Waals surface area (Å²) in [7, 11) is 6.80. The van der Waals surface area contributed by atoms with Crippen molar-refractivity contribution in [3.05, 3.63) is 83.6 Å². The molecule has 2 aromatic heterocycles. The Kier molecular flexibility index (Phi) is 10.3. The lowest BCUT2D eigenvalue weighted by Gasteiger charge is -2.15. The molecule has 44 heavy (non-hydrogen) atoms. The summed E-state index contributed by atoms with van der Waals surface area (Å²) in [6.45, 7) is 8.01. The van der Waals surface area contributed by atoms with Crippen LogP contribution in [0.5, 0.6) is 23.0 Å². The monoisotopic (exact) mass is 602 g/mol. The number of carbonyl (C=O) groups excluding carboxylic acids is 1. The number of pyridine rings is 1. The van der Waals surface area contributed by atoms with E-state index in [-0.39, 0.29) is 23.1 Å². The number of hydrogen-bond donors (Lipinski definition) is 1. The van der Waals surface area contributed by atoms with Crippen molar-refractivity contribution in [3.8, 4) is 28.7 Å². The molecule has 0 aliphatic rings. The topological polar surface area (TPSA) is 112 Å². The number of nitrogens with one attached hydrogen (secondary N) is 1. The molecule has 4 aromatic rings. The molecule has 230 valence electrons. The minimum Gasteiger partial charge on any atom is -0.493 e. The van der Waals surface area contributed by atoms with Crippen molar-refractivity contribution < 1.29 is 28.1 Å². The van der Waals surface area contributed by atoms with Gasteiger partial charge in [-0.25, -0.2) is 14.1 Å². The average Bonchev–Trinajstić information content (AvgIpc) is 3.45. The van der Waals surface area contributed by atoms with E-state index in [1.807, 2.05) is 32.8 Å². The maximum atomic E-state index is 14.3. The lowest BCUT2D eigenvalue weighted by Crippen LogP contribution is -2.15. The van der Waals surface area contributed by atoms with Crippen molar-refractivity contribution in [2.24, 2.45) is 4.99 Å². The summed E-state index contributed by atoms with van der Waals surface area (Å²) in [5.41, 5.74) is 2.34. The molecule has 4 rings (SSSR count). The highest BCUT2D eigenvalue weighted by molar-refractivity contribution is 6.04. The number of hydrogen-bond acceptors (Lipinski definition) is 9. The highest BCUT2D eigenvalue weighted by atomic mass is 19.1. The Labute approximate surface area is 255 Å². The maximum absolute atomic E-state index is 14.3. The molecule has 0 unspecified atom stereocenters. The van der Waals surface area contributed by atoms with Gasteiger partial charge in [-0.05, 0) is 77.1 Å². The molecule has 2 heterocycles. The number of aromatic nitrogens is 3. The number of benzene rings is 2. The molecular formula is C32H35FN6O5. The Hall–Kier alpha value is -5.23. The minimum absolute atomic E-state index is 0.0570. The Balaban J connectivity index is 1.53. The van der Waals surface area contributed by atoms with Crippen LogP contribution < -0.4 is 24.3 Å². The number of anilines is 1. The van der Waals surface area contributed by atoms with Gasteiger partial charge in [-0.15, -0.1) is 0 Å². The van der Waals surface area contributed by atoms with E-state index in [2.05, 4.69) is 27.1 Å². The van der Waals surface area contributed by atoms with Gasteiger partial charge < -0.3 is 29.2 Å². The van der Waals surface area contributed by atoms with Crippen LogP contribution in [-0.2, 0) is 6.54 Å². The number of carbonyl (C=O) groups is 1. The SMILES string of the molecule is C=Nc1cc(OC)c(OC)cc1/C(=C\C)Oc1ccc(NC(=O)c2nn(-c3ccc(F)c(CN(C)C)c3)cc2OCC)nc1. The van der Waals surface area contributed by atoms with Crippen LogP contribution in [0.15, 0.2) is 65.9 Å². The fourth-order valence-electron chi connectivity index (χ4n) is 4.36. The first-order valence-corrected chi connectivity index (χ1v) is 13.7. The van der Waals surface area contributed by atoms with Crippen molar-refractivity contribution >= 4 is 29.9 Å². The van der Waals surface area contributed by atoms with Gasteiger partial charge >= 0.3 is 0 Å². The number of ether oxygens (including phenoxy) is 4. The number of halogens is 1. The van der Waals surface area contributed by atoms with E-state index in [0.29, 0.717) is 58.7 Å². The zero-order valence-electron chi connectivity index (χ0n) is 25.6. The largest absolute Gasteiger partial charge is 0.493 e. The van der Waals surface area contributed by atoms with Gasteiger partial charge in [0.25, 0.3) is 5.91 Å². The van der Waals surface area contributed by atoms with Gasteiger partial charge in [0.2, 0.25) is 0 Å². The van der Waals surface area contributed by atoms with Crippen molar-refractivity contribution in [2.75, 3.05) is 40.2 Å². The van der Waals surface area contributed by atoms with Crippen LogP contribution in [0.3, 0.4) is 0 Å². The molecule has 1 amide bonds. The first kappa shape index (κ1) is 31.7. The van der Waals surface area contributed by atoms with E-state index < -0.39 is 5.91 Å². The van der Waals surface area contributed by atoms with Crippen LogP contribution in [0.25, 0.3) is 11.4 Å². The summed E-state index contributed by atoms with van der Waals surface area (Å²) in [6, 6.07) is 11.4. The third-order valence-electron chi connectivity index (χ3n) is 6.38. The molecule has 0 saturated heterocycles. The summed E-state index contributed by atoms with van der Waals surface area (Å²) in [4.78, 5) is 23.5. The highest BCUT2D eigenvalue weighted by Crippen LogP contribution is 2.38. The molecule has 2 aromatic carbocycles. The molecule has 0 saturated carbocycles. The van der Waals surface area contributed by atoms with Gasteiger partial charge in [0.15, 0.2) is 22.9 Å². The van der Waals surface area contributed by atoms with E-state index in [1.165, 1.54) is 16.9 Å². The molecule has 1 N–H and O–H groups in total.